The normalized spacial score (nSPS) is 13.3. The van der Waals surface area contributed by atoms with E-state index in [1.165, 1.54) is 36.1 Å². The molecule has 25 heteroatoms. The van der Waals surface area contributed by atoms with E-state index < -0.39 is 18.0 Å². The predicted molar refractivity (Wildman–Crippen MR) is 332 cm³/mol. The zero-order chi connectivity index (χ0) is 62.0. The molecule has 24 nitrogen and oxygen atoms in total. The van der Waals surface area contributed by atoms with Crippen molar-refractivity contribution in [1.29, 1.82) is 0 Å². The van der Waals surface area contributed by atoms with Gasteiger partial charge in [0.15, 0.2) is 0 Å². The molecule has 2 saturated heterocycles. The van der Waals surface area contributed by atoms with Crippen molar-refractivity contribution in [2.24, 2.45) is 17.4 Å². The number of aliphatic hydroxyl groups excluding tert-OH is 1. The summed E-state index contributed by atoms with van der Waals surface area (Å²) in [6, 6.07) is 9.64. The van der Waals surface area contributed by atoms with Crippen LogP contribution in [0, 0.1) is 5.92 Å². The summed E-state index contributed by atoms with van der Waals surface area (Å²) in [6.07, 6.45) is 8.54. The summed E-state index contributed by atoms with van der Waals surface area (Å²) in [6.45, 7) is 28.9. The van der Waals surface area contributed by atoms with Crippen LogP contribution in [0.5, 0.6) is 0 Å². The molecule has 84 heavy (non-hydrogen) atoms. The molecule has 2 aliphatic rings. The molecule has 0 radical (unpaired) electrons. The van der Waals surface area contributed by atoms with E-state index in [-0.39, 0.29) is 63.0 Å². The van der Waals surface area contributed by atoms with Crippen LogP contribution in [-0.2, 0) is 52.3 Å². The van der Waals surface area contributed by atoms with Gasteiger partial charge in [-0.3, -0.25) is 24.1 Å². The highest BCUT2D eigenvalue weighted by molar-refractivity contribution is 7.21. The Labute approximate surface area is 504 Å². The molecule has 1 atom stereocenters. The quantitative estimate of drug-likeness (QED) is 0.0382. The third kappa shape index (κ3) is 37.2. The lowest BCUT2D eigenvalue weighted by Crippen LogP contribution is -2.51. The van der Waals surface area contributed by atoms with E-state index in [4.69, 9.17) is 54.0 Å². The first-order chi connectivity index (χ1) is 40.8. The predicted octanol–water partition coefficient (Wildman–Crippen LogP) is 4.73. The number of primary amides is 2. The first-order valence-electron chi connectivity index (χ1n) is 30.2. The molecule has 9 N–H and O–H groups in total. The minimum atomic E-state index is -0.792. The maximum absolute atomic E-state index is 12.7. The number of nitrogens with two attached hydrogens (primary N) is 2. The van der Waals surface area contributed by atoms with Crippen molar-refractivity contribution < 1.29 is 62.2 Å². The third-order valence-electron chi connectivity index (χ3n) is 12.3. The number of amides is 6. The number of thiazole rings is 1. The van der Waals surface area contributed by atoms with Gasteiger partial charge in [-0.15, -0.1) is 11.3 Å². The molecular formula is C59H105N11O13S. The minimum Gasteiger partial charge on any atom is -0.394 e. The number of carbonyl (C=O) groups excluding carboxylic acids is 5. The Morgan fingerprint density at radius 2 is 1.20 bits per heavy atom. The van der Waals surface area contributed by atoms with E-state index >= 15 is 0 Å². The smallest absolute Gasteiger partial charge is 0.312 e. The molecule has 2 aromatic heterocycles. The number of unbranched alkanes of at least 4 members (excludes halogenated alkanes) is 1. The van der Waals surface area contributed by atoms with Gasteiger partial charge >= 0.3 is 6.03 Å². The molecule has 2 aliphatic heterocycles. The number of benzene rings is 1. The SMILES string of the molecule is CC.CC(C)C(NC(=O)CCOCCOCCOCCO)C(=O)NCC(=O)NCCOCCOCCOCCOCCN1CCN(c2ccc3nc(-c4ccc(N5CCCC5)nc4)sc3c2)CC1.CCC(N)=O.CCCC.CCCNC(N)=O. The summed E-state index contributed by atoms with van der Waals surface area (Å²) in [5, 5.41) is 20.1. The summed E-state index contributed by atoms with van der Waals surface area (Å²) in [5.41, 5.74) is 12.7. The number of hydrogen-bond acceptors (Lipinski definition) is 19. The van der Waals surface area contributed by atoms with Crippen molar-refractivity contribution in [2.45, 2.75) is 106 Å². The summed E-state index contributed by atoms with van der Waals surface area (Å²) in [4.78, 5) is 73.7. The Balaban J connectivity index is 0.00000171. The van der Waals surface area contributed by atoms with Gasteiger partial charge in [0.25, 0.3) is 0 Å². The Bertz CT molecular complexity index is 2150. The van der Waals surface area contributed by atoms with Gasteiger partial charge in [0, 0.05) is 89.2 Å². The number of carbonyl (C=O) groups is 5. The Hall–Kier alpha value is -5.35. The minimum absolute atomic E-state index is 0.0311. The summed E-state index contributed by atoms with van der Waals surface area (Å²) >= 11 is 1.73. The highest BCUT2D eigenvalue weighted by Crippen LogP contribution is 2.33. The zero-order valence-corrected chi connectivity index (χ0v) is 52.7. The van der Waals surface area contributed by atoms with Gasteiger partial charge in [0.1, 0.15) is 16.9 Å². The highest BCUT2D eigenvalue weighted by atomic mass is 32.1. The molecule has 3 aromatic rings. The van der Waals surface area contributed by atoms with Gasteiger partial charge in [-0.1, -0.05) is 68.2 Å². The molecular weight excluding hydrogens is 1100 g/mol. The fourth-order valence-electron chi connectivity index (χ4n) is 7.47. The van der Waals surface area contributed by atoms with Gasteiger partial charge in [0.05, 0.1) is 116 Å². The first kappa shape index (κ1) is 76.7. The van der Waals surface area contributed by atoms with E-state index in [0.29, 0.717) is 92.2 Å². The van der Waals surface area contributed by atoms with Crippen molar-refractivity contribution in [3.63, 3.8) is 0 Å². The average Bonchev–Trinajstić information content (AvgIpc) is 3.72. The number of aromatic nitrogens is 2. The molecule has 0 bridgehead atoms. The number of aliphatic hydroxyl groups is 1. The van der Waals surface area contributed by atoms with E-state index in [9.17, 15) is 24.0 Å². The number of hydrogen-bond donors (Lipinski definition) is 7. The topological polar surface area (TPSA) is 306 Å². The molecule has 0 saturated carbocycles. The third-order valence-corrected chi connectivity index (χ3v) is 13.4. The van der Waals surface area contributed by atoms with Crippen molar-refractivity contribution >= 4 is 62.7 Å². The number of piperazine rings is 1. The number of nitrogens with zero attached hydrogens (tertiary/aromatic N) is 5. The summed E-state index contributed by atoms with van der Waals surface area (Å²) in [7, 11) is 0. The molecule has 0 aliphatic carbocycles. The molecule has 5 rings (SSSR count). The second-order valence-corrected chi connectivity index (χ2v) is 20.4. The van der Waals surface area contributed by atoms with Crippen LogP contribution in [0.15, 0.2) is 36.5 Å². The maximum atomic E-state index is 12.7. The molecule has 0 spiro atoms. The molecule has 4 heterocycles. The molecule has 1 unspecified atom stereocenters. The van der Waals surface area contributed by atoms with Crippen LogP contribution in [0.1, 0.15) is 100 Å². The zero-order valence-electron chi connectivity index (χ0n) is 51.9. The number of fused-ring (bicyclic) bond motifs is 1. The standard InChI is InChI=1S/C46H72N8O11S.C4H10N2O.C4H10.C3H7NO.C2H6/c1-36(2)44(51-42(56)9-19-59-23-27-63-30-26-62-22-18-55)45(58)49-35-43(57)47-10-20-60-24-28-64-31-32-65-29-25-61-21-17-52-13-15-53(16-14-52)38-6-7-39-40(33-38)66-46(50-39)37-5-8-41(48-34-37)54-11-3-4-12-54;1-2-3-6-4(5)7;1-3-4-2;1-2-3(4)5;1-2/h5-8,33-34,36,44,55H,3-4,9-32,35H2,1-2H3,(H,47,57)(H,49,58)(H,51,56);2-3H2,1H3,(H3,5,6,7);3-4H2,1-2H3;2H2,1H3,(H2,4,5);1-2H3. The van der Waals surface area contributed by atoms with Crippen molar-refractivity contribution in [2.75, 3.05) is 174 Å². The van der Waals surface area contributed by atoms with Crippen LogP contribution in [0.4, 0.5) is 16.3 Å². The number of nitrogens with one attached hydrogen (secondary N) is 4. The molecule has 480 valence electrons. The Morgan fingerprint density at radius 1 is 0.643 bits per heavy atom. The van der Waals surface area contributed by atoms with Gasteiger partial charge in [-0.05, 0) is 55.5 Å². The molecule has 1 aromatic carbocycles. The lowest BCUT2D eigenvalue weighted by atomic mass is 10.0. The van der Waals surface area contributed by atoms with Gasteiger partial charge in [0.2, 0.25) is 23.6 Å². The fourth-order valence-corrected chi connectivity index (χ4v) is 8.46. The van der Waals surface area contributed by atoms with Crippen LogP contribution in [-0.4, -0.2) is 220 Å². The fraction of sp³-hybridized carbons (Fsp3) is 0.712. The van der Waals surface area contributed by atoms with Gasteiger partial charge in [-0.25, -0.2) is 14.8 Å². The van der Waals surface area contributed by atoms with Gasteiger partial charge in [-0.2, -0.15) is 0 Å². The second-order valence-electron chi connectivity index (χ2n) is 19.3. The van der Waals surface area contributed by atoms with Crippen LogP contribution >= 0.6 is 11.3 Å². The lowest BCUT2D eigenvalue weighted by Gasteiger charge is -2.36. The Kier molecular flexibility index (Phi) is 46.5. The summed E-state index contributed by atoms with van der Waals surface area (Å²) in [5.74, 6) is -0.514. The monoisotopic (exact) mass is 1210 g/mol. The number of rotatable bonds is 38. The summed E-state index contributed by atoms with van der Waals surface area (Å²) < 4.78 is 39.6. The lowest BCUT2D eigenvalue weighted by molar-refractivity contribution is -0.131. The highest BCUT2D eigenvalue weighted by Gasteiger charge is 2.25. The van der Waals surface area contributed by atoms with Crippen LogP contribution < -0.4 is 42.5 Å². The number of ether oxygens (including phenoxy) is 7. The van der Waals surface area contributed by atoms with Crippen LogP contribution in [0.3, 0.4) is 0 Å². The van der Waals surface area contributed by atoms with Crippen LogP contribution in [0.2, 0.25) is 0 Å². The number of urea groups is 1. The average molecular weight is 1210 g/mol. The maximum Gasteiger partial charge on any atom is 0.312 e. The molecule has 6 amide bonds. The number of anilines is 2. The Morgan fingerprint density at radius 3 is 1.70 bits per heavy atom. The van der Waals surface area contributed by atoms with Crippen molar-refractivity contribution in [3.05, 3.63) is 36.5 Å². The second kappa shape index (κ2) is 50.9. The number of pyridine rings is 1. The van der Waals surface area contributed by atoms with Crippen molar-refractivity contribution in [1.82, 2.24) is 36.1 Å². The van der Waals surface area contributed by atoms with Crippen LogP contribution in [0.25, 0.3) is 20.8 Å². The van der Waals surface area contributed by atoms with E-state index in [2.05, 4.69) is 85.9 Å². The molecule has 2 fully saturated rings. The van der Waals surface area contributed by atoms with Gasteiger partial charge < -0.3 is 80.8 Å². The largest absolute Gasteiger partial charge is 0.394 e. The van der Waals surface area contributed by atoms with E-state index in [1.54, 1.807) is 18.3 Å². The van der Waals surface area contributed by atoms with E-state index in [1.807, 2.05) is 40.8 Å². The van der Waals surface area contributed by atoms with Crippen molar-refractivity contribution in [3.8, 4) is 10.6 Å². The first-order valence-corrected chi connectivity index (χ1v) is 31.0. The van der Waals surface area contributed by atoms with E-state index in [0.717, 1.165) is 74.1 Å².